The highest BCUT2D eigenvalue weighted by atomic mass is 32.1. The molecule has 0 unspecified atom stereocenters. The molecule has 0 N–H and O–H groups in total. The molecule has 4 nitrogen and oxygen atoms in total. The van der Waals surface area contributed by atoms with Crippen molar-refractivity contribution in [3.05, 3.63) is 57.6 Å². The van der Waals surface area contributed by atoms with Crippen LogP contribution in [0.2, 0.25) is 0 Å². The van der Waals surface area contributed by atoms with E-state index in [1.165, 1.54) is 11.1 Å². The fourth-order valence-corrected chi connectivity index (χ4v) is 4.10. The Hall–Kier alpha value is -2.53. The third-order valence-corrected chi connectivity index (χ3v) is 5.42. The van der Waals surface area contributed by atoms with Gasteiger partial charge in [-0.05, 0) is 50.0 Å². The molecule has 0 fully saturated rings. The number of allylic oxidation sites excluding steroid dienone is 5. The summed E-state index contributed by atoms with van der Waals surface area (Å²) in [5, 5.41) is 3.21. The average molecular weight is 384 g/mol. The van der Waals surface area contributed by atoms with Gasteiger partial charge in [-0.25, -0.2) is 4.98 Å². The lowest BCUT2D eigenvalue weighted by atomic mass is 9.98. The number of aromatic nitrogens is 1. The van der Waals surface area contributed by atoms with Gasteiger partial charge in [0, 0.05) is 11.0 Å². The third kappa shape index (κ3) is 3.93. The number of ether oxygens (including phenoxy) is 3. The molecule has 1 heterocycles. The normalized spacial score (nSPS) is 13.1. The lowest BCUT2D eigenvalue weighted by molar-refractivity contribution is 0.324. The topological polar surface area (TPSA) is 40.6 Å². The van der Waals surface area contributed by atoms with Gasteiger partial charge in [0.15, 0.2) is 11.5 Å². The minimum absolute atomic E-state index is 0.593. The molecule has 1 aromatic carbocycles. The van der Waals surface area contributed by atoms with Crippen LogP contribution in [0, 0.1) is 0 Å². The largest absolute Gasteiger partial charge is 0.493 e. The van der Waals surface area contributed by atoms with Gasteiger partial charge in [0.25, 0.3) is 0 Å². The minimum atomic E-state index is 0.593. The van der Waals surface area contributed by atoms with Crippen molar-refractivity contribution >= 4 is 22.5 Å². The molecular weight excluding hydrogens is 358 g/mol. The summed E-state index contributed by atoms with van der Waals surface area (Å²) < 4.78 is 16.5. The standard InChI is InChI=1S/C22H25NO3S/c1-14(2)20(16-11-18(24-3)21(26-5)19(12-16)25-4)17-13-27-22(23-17)15-9-7-6-8-10-15/h6-7,9,11-13H,8,10H2,1-5H3. The van der Waals surface area contributed by atoms with Gasteiger partial charge in [0.1, 0.15) is 5.01 Å². The molecule has 0 radical (unpaired) electrons. The predicted octanol–water partition coefficient (Wildman–Crippen LogP) is 5.74. The summed E-state index contributed by atoms with van der Waals surface area (Å²) in [5.74, 6) is 1.87. The molecular formula is C22H25NO3S. The van der Waals surface area contributed by atoms with Crippen LogP contribution in [-0.4, -0.2) is 26.3 Å². The molecule has 1 aliphatic rings. The average Bonchev–Trinajstić information content (AvgIpc) is 3.17. The van der Waals surface area contributed by atoms with Gasteiger partial charge in [-0.1, -0.05) is 23.8 Å². The van der Waals surface area contributed by atoms with Crippen LogP contribution in [-0.2, 0) is 0 Å². The third-order valence-electron chi connectivity index (χ3n) is 4.50. The minimum Gasteiger partial charge on any atom is -0.493 e. The Balaban J connectivity index is 2.08. The van der Waals surface area contributed by atoms with E-state index < -0.39 is 0 Å². The van der Waals surface area contributed by atoms with E-state index in [9.17, 15) is 0 Å². The Bertz CT molecular complexity index is 892. The molecule has 3 rings (SSSR count). The molecule has 0 bridgehead atoms. The molecule has 0 saturated carbocycles. The Morgan fingerprint density at radius 3 is 2.26 bits per heavy atom. The summed E-state index contributed by atoms with van der Waals surface area (Å²) in [4.78, 5) is 4.93. The summed E-state index contributed by atoms with van der Waals surface area (Å²) in [6.45, 7) is 4.19. The first kappa shape index (κ1) is 19.2. The number of hydrogen-bond donors (Lipinski definition) is 0. The molecule has 2 aromatic rings. The quantitative estimate of drug-likeness (QED) is 0.637. The van der Waals surface area contributed by atoms with E-state index >= 15 is 0 Å². The molecule has 0 atom stereocenters. The highest BCUT2D eigenvalue weighted by Crippen LogP contribution is 2.42. The van der Waals surface area contributed by atoms with Crippen LogP contribution in [0.1, 0.15) is 43.0 Å². The molecule has 27 heavy (non-hydrogen) atoms. The smallest absolute Gasteiger partial charge is 0.203 e. The number of nitrogens with zero attached hydrogens (tertiary/aromatic N) is 1. The Labute approximate surface area is 164 Å². The molecule has 1 aliphatic carbocycles. The van der Waals surface area contributed by atoms with E-state index in [0.29, 0.717) is 17.2 Å². The van der Waals surface area contributed by atoms with Gasteiger partial charge < -0.3 is 14.2 Å². The maximum atomic E-state index is 5.52. The van der Waals surface area contributed by atoms with Crippen molar-refractivity contribution in [3.8, 4) is 17.2 Å². The summed E-state index contributed by atoms with van der Waals surface area (Å²) in [7, 11) is 4.88. The van der Waals surface area contributed by atoms with E-state index in [2.05, 4.69) is 37.5 Å². The summed E-state index contributed by atoms with van der Waals surface area (Å²) in [5.41, 5.74) is 5.53. The van der Waals surface area contributed by atoms with Gasteiger partial charge >= 0.3 is 0 Å². The van der Waals surface area contributed by atoms with Gasteiger partial charge in [0.2, 0.25) is 5.75 Å². The number of hydrogen-bond acceptors (Lipinski definition) is 5. The van der Waals surface area contributed by atoms with Crippen LogP contribution < -0.4 is 14.2 Å². The van der Waals surface area contributed by atoms with Crippen LogP contribution >= 0.6 is 11.3 Å². The Kier molecular flexibility index (Phi) is 6.01. The lowest BCUT2D eigenvalue weighted by Gasteiger charge is -2.16. The van der Waals surface area contributed by atoms with Crippen molar-refractivity contribution in [2.45, 2.75) is 26.7 Å². The SMILES string of the molecule is COc1cc(C(=C(C)C)c2csc(C3=CC=CCC3)n2)cc(OC)c1OC. The van der Waals surface area contributed by atoms with Crippen LogP contribution in [0.4, 0.5) is 0 Å². The molecule has 1 aromatic heterocycles. The van der Waals surface area contributed by atoms with Crippen LogP contribution in [0.15, 0.2) is 41.3 Å². The summed E-state index contributed by atoms with van der Waals surface area (Å²) in [6, 6.07) is 3.96. The number of rotatable bonds is 6. The van der Waals surface area contributed by atoms with E-state index in [1.54, 1.807) is 32.7 Å². The zero-order valence-electron chi connectivity index (χ0n) is 16.5. The lowest BCUT2D eigenvalue weighted by Crippen LogP contribution is -1.99. The first-order valence-corrected chi connectivity index (χ1v) is 9.76. The first-order valence-electron chi connectivity index (χ1n) is 8.88. The monoisotopic (exact) mass is 383 g/mol. The molecule has 5 heteroatoms. The molecule has 0 aliphatic heterocycles. The van der Waals surface area contributed by atoms with Crippen molar-refractivity contribution in [2.24, 2.45) is 0 Å². The fraction of sp³-hybridized carbons (Fsp3) is 0.318. The van der Waals surface area contributed by atoms with Gasteiger partial charge in [0.05, 0.1) is 27.0 Å². The second-order valence-electron chi connectivity index (χ2n) is 6.49. The number of benzene rings is 1. The van der Waals surface area contributed by atoms with Crippen molar-refractivity contribution in [1.82, 2.24) is 4.98 Å². The Morgan fingerprint density at radius 2 is 1.74 bits per heavy atom. The second kappa shape index (κ2) is 8.44. The zero-order valence-corrected chi connectivity index (χ0v) is 17.3. The molecule has 142 valence electrons. The zero-order chi connectivity index (χ0) is 19.4. The summed E-state index contributed by atoms with van der Waals surface area (Å²) >= 11 is 1.69. The predicted molar refractivity (Wildman–Crippen MR) is 112 cm³/mol. The van der Waals surface area contributed by atoms with E-state index in [4.69, 9.17) is 19.2 Å². The van der Waals surface area contributed by atoms with Gasteiger partial charge in [-0.2, -0.15) is 0 Å². The van der Waals surface area contributed by atoms with Crippen molar-refractivity contribution in [3.63, 3.8) is 0 Å². The maximum absolute atomic E-state index is 5.52. The summed E-state index contributed by atoms with van der Waals surface area (Å²) in [6.07, 6.45) is 8.57. The number of methoxy groups -OCH3 is 3. The first-order chi connectivity index (χ1) is 13.1. The van der Waals surface area contributed by atoms with Crippen LogP contribution in [0.5, 0.6) is 17.2 Å². The molecule has 0 saturated heterocycles. The van der Waals surface area contributed by atoms with E-state index in [0.717, 1.165) is 34.7 Å². The molecule has 0 amide bonds. The van der Waals surface area contributed by atoms with Crippen molar-refractivity contribution in [1.29, 1.82) is 0 Å². The second-order valence-corrected chi connectivity index (χ2v) is 7.34. The van der Waals surface area contributed by atoms with E-state index in [1.807, 2.05) is 12.1 Å². The van der Waals surface area contributed by atoms with Gasteiger partial charge in [-0.3, -0.25) is 0 Å². The van der Waals surface area contributed by atoms with E-state index in [-0.39, 0.29) is 0 Å². The van der Waals surface area contributed by atoms with Crippen LogP contribution in [0.3, 0.4) is 0 Å². The molecule has 0 spiro atoms. The van der Waals surface area contributed by atoms with Crippen LogP contribution in [0.25, 0.3) is 11.1 Å². The highest BCUT2D eigenvalue weighted by molar-refractivity contribution is 7.10. The van der Waals surface area contributed by atoms with Crippen molar-refractivity contribution in [2.75, 3.05) is 21.3 Å². The van der Waals surface area contributed by atoms with Gasteiger partial charge in [-0.15, -0.1) is 11.3 Å². The Morgan fingerprint density at radius 1 is 1.04 bits per heavy atom. The highest BCUT2D eigenvalue weighted by Gasteiger charge is 2.19. The fourth-order valence-electron chi connectivity index (χ4n) is 3.23. The number of thiazole rings is 1. The maximum Gasteiger partial charge on any atom is 0.203 e. The van der Waals surface area contributed by atoms with Crippen molar-refractivity contribution < 1.29 is 14.2 Å².